The van der Waals surface area contributed by atoms with Gasteiger partial charge in [0.25, 0.3) is 0 Å². The van der Waals surface area contributed by atoms with Crippen molar-refractivity contribution in [3.8, 4) is 0 Å². The van der Waals surface area contributed by atoms with Crippen LogP contribution in [0, 0.1) is 5.41 Å². The van der Waals surface area contributed by atoms with Crippen molar-refractivity contribution in [3.05, 3.63) is 0 Å². The van der Waals surface area contributed by atoms with Crippen molar-refractivity contribution in [2.24, 2.45) is 5.41 Å². The summed E-state index contributed by atoms with van der Waals surface area (Å²) in [6.07, 6.45) is 4.85. The van der Waals surface area contributed by atoms with E-state index in [2.05, 4.69) is 26.1 Å². The predicted molar refractivity (Wildman–Crippen MR) is 53.5 cm³/mol. The molecule has 2 heteroatoms. The highest BCUT2D eigenvalue weighted by Crippen LogP contribution is 2.52. The quantitative estimate of drug-likeness (QED) is 0.709. The fraction of sp³-hybridized carbons (Fsp3) is 1.00. The van der Waals surface area contributed by atoms with E-state index in [1.807, 2.05) is 0 Å². The van der Waals surface area contributed by atoms with Crippen molar-refractivity contribution in [1.82, 2.24) is 5.32 Å². The lowest BCUT2D eigenvalue weighted by molar-refractivity contribution is -0.142. The molecule has 0 aromatic rings. The molecule has 1 heterocycles. The summed E-state index contributed by atoms with van der Waals surface area (Å²) >= 11 is 0. The molecule has 1 aliphatic carbocycles. The largest absolute Gasteiger partial charge is 0.360 e. The highest BCUT2D eigenvalue weighted by atomic mass is 16.5. The molecular formula is C11H21NO. The SMILES string of the molecule is CCC1(CC)NC(C)C2(CC2)CO1. The Hall–Kier alpha value is -0.0800. The minimum atomic E-state index is -0.0206. The summed E-state index contributed by atoms with van der Waals surface area (Å²) in [6, 6.07) is 0.640. The van der Waals surface area contributed by atoms with E-state index in [-0.39, 0.29) is 5.72 Å². The summed E-state index contributed by atoms with van der Waals surface area (Å²) in [6.45, 7) is 7.70. The predicted octanol–water partition coefficient (Wildman–Crippen LogP) is 2.29. The van der Waals surface area contributed by atoms with Crippen molar-refractivity contribution in [3.63, 3.8) is 0 Å². The molecule has 1 spiro atoms. The number of nitrogens with one attached hydrogen (secondary N) is 1. The van der Waals surface area contributed by atoms with Gasteiger partial charge in [0, 0.05) is 11.5 Å². The van der Waals surface area contributed by atoms with Gasteiger partial charge >= 0.3 is 0 Å². The first-order valence-electron chi connectivity index (χ1n) is 5.58. The summed E-state index contributed by atoms with van der Waals surface area (Å²) in [5.41, 5.74) is 0.487. The second-order valence-corrected chi connectivity index (χ2v) is 4.72. The molecule has 0 amide bonds. The van der Waals surface area contributed by atoms with Crippen LogP contribution in [0.3, 0.4) is 0 Å². The Labute approximate surface area is 81.0 Å². The summed E-state index contributed by atoms with van der Waals surface area (Å²) < 4.78 is 6.00. The fourth-order valence-electron chi connectivity index (χ4n) is 2.39. The zero-order valence-electron chi connectivity index (χ0n) is 9.02. The Morgan fingerprint density at radius 3 is 2.31 bits per heavy atom. The zero-order valence-corrected chi connectivity index (χ0v) is 9.02. The van der Waals surface area contributed by atoms with E-state index in [1.165, 1.54) is 12.8 Å². The van der Waals surface area contributed by atoms with Crippen LogP contribution < -0.4 is 5.32 Å². The van der Waals surface area contributed by atoms with Crippen molar-refractivity contribution in [1.29, 1.82) is 0 Å². The van der Waals surface area contributed by atoms with Gasteiger partial charge in [0.1, 0.15) is 5.72 Å². The first-order valence-corrected chi connectivity index (χ1v) is 5.58. The Kier molecular flexibility index (Phi) is 2.16. The third-order valence-corrected chi connectivity index (χ3v) is 4.07. The third-order valence-electron chi connectivity index (χ3n) is 4.07. The smallest absolute Gasteiger partial charge is 0.118 e. The monoisotopic (exact) mass is 183 g/mol. The summed E-state index contributed by atoms with van der Waals surface area (Å²) in [5, 5.41) is 3.66. The lowest BCUT2D eigenvalue weighted by atomic mass is 9.92. The average Bonchev–Trinajstić information content (AvgIpc) is 2.92. The van der Waals surface area contributed by atoms with Crippen LogP contribution in [0.15, 0.2) is 0 Å². The van der Waals surface area contributed by atoms with Crippen LogP contribution >= 0.6 is 0 Å². The first-order chi connectivity index (χ1) is 6.16. The normalized spacial score (nSPS) is 34.8. The molecule has 13 heavy (non-hydrogen) atoms. The van der Waals surface area contributed by atoms with Gasteiger partial charge in [0.2, 0.25) is 0 Å². The molecule has 2 nitrogen and oxygen atoms in total. The Balaban J connectivity index is 2.04. The number of hydrogen-bond donors (Lipinski definition) is 1. The van der Waals surface area contributed by atoms with Crippen LogP contribution in [0.2, 0.25) is 0 Å². The molecule has 1 saturated heterocycles. The molecule has 2 aliphatic rings. The molecule has 2 fully saturated rings. The van der Waals surface area contributed by atoms with Gasteiger partial charge in [0.15, 0.2) is 0 Å². The average molecular weight is 183 g/mol. The second-order valence-electron chi connectivity index (χ2n) is 4.72. The van der Waals surface area contributed by atoms with Crippen LogP contribution in [0.4, 0.5) is 0 Å². The molecule has 2 rings (SSSR count). The maximum atomic E-state index is 6.00. The number of ether oxygens (including phenoxy) is 1. The fourth-order valence-corrected chi connectivity index (χ4v) is 2.39. The Bertz CT molecular complexity index is 194. The van der Waals surface area contributed by atoms with Crippen LogP contribution in [-0.2, 0) is 4.74 Å². The van der Waals surface area contributed by atoms with Gasteiger partial charge in [-0.25, -0.2) is 0 Å². The summed E-state index contributed by atoms with van der Waals surface area (Å²) in [4.78, 5) is 0. The molecule has 76 valence electrons. The number of rotatable bonds is 2. The Morgan fingerprint density at radius 2 is 1.92 bits per heavy atom. The minimum Gasteiger partial charge on any atom is -0.360 e. The van der Waals surface area contributed by atoms with E-state index in [1.54, 1.807) is 0 Å². The summed E-state index contributed by atoms with van der Waals surface area (Å²) in [5.74, 6) is 0. The van der Waals surface area contributed by atoms with E-state index >= 15 is 0 Å². The third kappa shape index (κ3) is 1.40. The van der Waals surface area contributed by atoms with Gasteiger partial charge in [-0.15, -0.1) is 0 Å². The minimum absolute atomic E-state index is 0.0206. The number of hydrogen-bond acceptors (Lipinski definition) is 2. The van der Waals surface area contributed by atoms with Gasteiger partial charge < -0.3 is 4.74 Å². The Morgan fingerprint density at radius 1 is 1.31 bits per heavy atom. The van der Waals surface area contributed by atoms with Crippen molar-refractivity contribution in [2.45, 2.75) is 58.2 Å². The van der Waals surface area contributed by atoms with Gasteiger partial charge in [-0.05, 0) is 32.6 Å². The molecule has 1 unspecified atom stereocenters. The molecular weight excluding hydrogens is 162 g/mol. The van der Waals surface area contributed by atoms with Crippen molar-refractivity contribution in [2.75, 3.05) is 6.61 Å². The zero-order chi connectivity index (χ0) is 9.53. The van der Waals surface area contributed by atoms with E-state index in [9.17, 15) is 0 Å². The van der Waals surface area contributed by atoms with E-state index in [0.717, 1.165) is 19.4 Å². The molecule has 0 aromatic heterocycles. The maximum absolute atomic E-state index is 6.00. The lowest BCUT2D eigenvalue weighted by Gasteiger charge is -2.44. The lowest BCUT2D eigenvalue weighted by Crippen LogP contribution is -2.59. The van der Waals surface area contributed by atoms with Gasteiger partial charge in [-0.3, -0.25) is 5.32 Å². The molecule has 1 aliphatic heterocycles. The van der Waals surface area contributed by atoms with E-state index in [4.69, 9.17) is 4.74 Å². The molecule has 1 saturated carbocycles. The van der Waals surface area contributed by atoms with Crippen LogP contribution in [-0.4, -0.2) is 18.4 Å². The van der Waals surface area contributed by atoms with Gasteiger partial charge in [0.05, 0.1) is 6.61 Å². The molecule has 0 aromatic carbocycles. The standard InChI is InChI=1S/C11H21NO/c1-4-11(5-2)12-9(3)10(6-7-10)8-13-11/h9,12H,4-8H2,1-3H3. The first kappa shape index (κ1) is 9.47. The summed E-state index contributed by atoms with van der Waals surface area (Å²) in [7, 11) is 0. The van der Waals surface area contributed by atoms with Gasteiger partial charge in [-0.2, -0.15) is 0 Å². The van der Waals surface area contributed by atoms with Crippen molar-refractivity contribution < 1.29 is 4.74 Å². The second kappa shape index (κ2) is 2.96. The van der Waals surface area contributed by atoms with Crippen LogP contribution in [0.25, 0.3) is 0 Å². The molecule has 1 atom stereocenters. The van der Waals surface area contributed by atoms with Crippen LogP contribution in [0.1, 0.15) is 46.5 Å². The topological polar surface area (TPSA) is 21.3 Å². The van der Waals surface area contributed by atoms with E-state index in [0.29, 0.717) is 11.5 Å². The van der Waals surface area contributed by atoms with Crippen LogP contribution in [0.5, 0.6) is 0 Å². The molecule has 0 bridgehead atoms. The van der Waals surface area contributed by atoms with Crippen molar-refractivity contribution >= 4 is 0 Å². The van der Waals surface area contributed by atoms with E-state index < -0.39 is 0 Å². The molecule has 1 N–H and O–H groups in total. The highest BCUT2D eigenvalue weighted by Gasteiger charge is 2.53. The maximum Gasteiger partial charge on any atom is 0.118 e. The molecule has 0 radical (unpaired) electrons. The highest BCUT2D eigenvalue weighted by molar-refractivity contribution is 5.05. The van der Waals surface area contributed by atoms with Gasteiger partial charge in [-0.1, -0.05) is 13.8 Å².